The maximum atomic E-state index is 5.10. The van der Waals surface area contributed by atoms with Crippen LogP contribution in [0.25, 0.3) is 0 Å². The van der Waals surface area contributed by atoms with Gasteiger partial charge in [0.05, 0.1) is 12.7 Å². The van der Waals surface area contributed by atoms with Crippen molar-refractivity contribution in [2.75, 3.05) is 19.6 Å². The van der Waals surface area contributed by atoms with Crippen molar-refractivity contribution in [2.24, 2.45) is 0 Å². The van der Waals surface area contributed by atoms with Crippen LogP contribution in [0.15, 0.2) is 16.8 Å². The Balaban J connectivity index is 1.74. The molecule has 0 radical (unpaired) electrons. The van der Waals surface area contributed by atoms with E-state index in [1.54, 1.807) is 6.20 Å². The number of piperidine rings is 1. The lowest BCUT2D eigenvalue weighted by Crippen LogP contribution is -2.41. The predicted octanol–water partition coefficient (Wildman–Crippen LogP) is 1.25. The third-order valence-corrected chi connectivity index (χ3v) is 2.95. The van der Waals surface area contributed by atoms with E-state index in [-0.39, 0.29) is 0 Å². The molecule has 2 rings (SSSR count). The summed E-state index contributed by atoms with van der Waals surface area (Å²) in [6.45, 7) is 6.45. The predicted molar refractivity (Wildman–Crippen MR) is 58.5 cm³/mol. The van der Waals surface area contributed by atoms with Crippen molar-refractivity contribution in [1.29, 1.82) is 0 Å². The van der Waals surface area contributed by atoms with Crippen LogP contribution in [0.2, 0.25) is 0 Å². The lowest BCUT2D eigenvalue weighted by Gasteiger charge is -2.31. The Labute approximate surface area is 90.6 Å². The molecule has 4 heteroatoms. The second kappa shape index (κ2) is 5.28. The van der Waals surface area contributed by atoms with Gasteiger partial charge in [-0.3, -0.25) is 4.90 Å². The highest BCUT2D eigenvalue weighted by Gasteiger charge is 2.18. The first-order chi connectivity index (χ1) is 7.38. The van der Waals surface area contributed by atoms with E-state index in [0.29, 0.717) is 6.04 Å². The van der Waals surface area contributed by atoms with Crippen molar-refractivity contribution < 1.29 is 4.52 Å². The number of likely N-dealkylation sites (tertiary alicyclic amines) is 1. The SMILES string of the molecule is CCNC1CCN(Cc2ccno2)CC1. The molecular weight excluding hydrogens is 190 g/mol. The van der Waals surface area contributed by atoms with Crippen molar-refractivity contribution in [3.8, 4) is 0 Å². The number of hydrogen-bond donors (Lipinski definition) is 1. The fourth-order valence-electron chi connectivity index (χ4n) is 2.13. The van der Waals surface area contributed by atoms with Crippen molar-refractivity contribution in [2.45, 2.75) is 32.4 Å². The highest BCUT2D eigenvalue weighted by atomic mass is 16.5. The number of nitrogens with zero attached hydrogens (tertiary/aromatic N) is 2. The molecule has 0 aliphatic carbocycles. The Kier molecular flexibility index (Phi) is 3.75. The minimum absolute atomic E-state index is 0.709. The lowest BCUT2D eigenvalue weighted by molar-refractivity contribution is 0.174. The van der Waals surface area contributed by atoms with Gasteiger partial charge in [-0.15, -0.1) is 0 Å². The number of rotatable bonds is 4. The quantitative estimate of drug-likeness (QED) is 0.810. The first kappa shape index (κ1) is 10.6. The van der Waals surface area contributed by atoms with E-state index in [1.165, 1.54) is 12.8 Å². The summed E-state index contributed by atoms with van der Waals surface area (Å²) in [5.41, 5.74) is 0. The maximum absolute atomic E-state index is 5.10. The molecule has 1 aromatic rings. The highest BCUT2D eigenvalue weighted by molar-refractivity contribution is 4.93. The summed E-state index contributed by atoms with van der Waals surface area (Å²) >= 11 is 0. The van der Waals surface area contributed by atoms with Crippen molar-refractivity contribution in [3.63, 3.8) is 0 Å². The van der Waals surface area contributed by atoms with Crippen molar-refractivity contribution in [3.05, 3.63) is 18.0 Å². The third kappa shape index (κ3) is 3.04. The molecule has 1 fully saturated rings. The van der Waals surface area contributed by atoms with Crippen LogP contribution in [-0.2, 0) is 6.54 Å². The molecule has 0 atom stereocenters. The molecule has 2 heterocycles. The van der Waals surface area contributed by atoms with Gasteiger partial charge in [0.25, 0.3) is 0 Å². The molecule has 0 unspecified atom stereocenters. The molecular formula is C11H19N3O. The lowest BCUT2D eigenvalue weighted by atomic mass is 10.1. The first-order valence-electron chi connectivity index (χ1n) is 5.73. The molecule has 1 aromatic heterocycles. The zero-order chi connectivity index (χ0) is 10.5. The molecule has 15 heavy (non-hydrogen) atoms. The van der Waals surface area contributed by atoms with Crippen LogP contribution in [0, 0.1) is 0 Å². The van der Waals surface area contributed by atoms with Crippen LogP contribution in [0.5, 0.6) is 0 Å². The largest absolute Gasteiger partial charge is 0.360 e. The zero-order valence-corrected chi connectivity index (χ0v) is 9.28. The average molecular weight is 209 g/mol. The Bertz CT molecular complexity index is 265. The molecule has 84 valence electrons. The summed E-state index contributed by atoms with van der Waals surface area (Å²) in [6, 6.07) is 2.65. The highest BCUT2D eigenvalue weighted by Crippen LogP contribution is 2.13. The summed E-state index contributed by atoms with van der Waals surface area (Å²) in [4.78, 5) is 2.42. The van der Waals surface area contributed by atoms with Crippen LogP contribution in [-0.4, -0.2) is 35.7 Å². The van der Waals surface area contributed by atoms with Gasteiger partial charge in [-0.1, -0.05) is 12.1 Å². The molecule has 4 nitrogen and oxygen atoms in total. The van der Waals surface area contributed by atoms with Gasteiger partial charge in [0, 0.05) is 25.2 Å². The number of hydrogen-bond acceptors (Lipinski definition) is 4. The maximum Gasteiger partial charge on any atom is 0.150 e. The fourth-order valence-corrected chi connectivity index (χ4v) is 2.13. The molecule has 0 saturated carbocycles. The van der Waals surface area contributed by atoms with E-state index in [9.17, 15) is 0 Å². The van der Waals surface area contributed by atoms with E-state index in [1.807, 2.05) is 6.07 Å². The first-order valence-corrected chi connectivity index (χ1v) is 5.73. The molecule has 0 spiro atoms. The van der Waals surface area contributed by atoms with Crippen LogP contribution in [0.4, 0.5) is 0 Å². The summed E-state index contributed by atoms with van der Waals surface area (Å²) in [6.07, 6.45) is 4.19. The number of aromatic nitrogens is 1. The Morgan fingerprint density at radius 3 is 2.93 bits per heavy atom. The topological polar surface area (TPSA) is 41.3 Å². The molecule has 0 aromatic carbocycles. The van der Waals surface area contributed by atoms with Gasteiger partial charge in [0.1, 0.15) is 0 Å². The van der Waals surface area contributed by atoms with E-state index in [0.717, 1.165) is 31.9 Å². The monoisotopic (exact) mass is 209 g/mol. The van der Waals surface area contributed by atoms with Gasteiger partial charge in [-0.05, 0) is 19.4 Å². The normalized spacial score (nSPS) is 19.5. The van der Waals surface area contributed by atoms with Crippen LogP contribution in [0.3, 0.4) is 0 Å². The van der Waals surface area contributed by atoms with Crippen molar-refractivity contribution >= 4 is 0 Å². The Morgan fingerprint density at radius 2 is 2.33 bits per heavy atom. The Morgan fingerprint density at radius 1 is 1.53 bits per heavy atom. The van der Waals surface area contributed by atoms with Gasteiger partial charge in [-0.25, -0.2) is 0 Å². The molecule has 1 N–H and O–H groups in total. The summed E-state index contributed by atoms with van der Waals surface area (Å²) in [5.74, 6) is 0.969. The molecule has 0 bridgehead atoms. The number of nitrogens with one attached hydrogen (secondary N) is 1. The smallest absolute Gasteiger partial charge is 0.150 e. The standard InChI is InChI=1S/C11H19N3O/c1-2-12-10-4-7-14(8-5-10)9-11-3-6-13-15-11/h3,6,10,12H,2,4-5,7-9H2,1H3. The van der Waals surface area contributed by atoms with E-state index in [2.05, 4.69) is 22.3 Å². The van der Waals surface area contributed by atoms with E-state index in [4.69, 9.17) is 4.52 Å². The van der Waals surface area contributed by atoms with Crippen LogP contribution in [0.1, 0.15) is 25.5 Å². The summed E-state index contributed by atoms with van der Waals surface area (Å²) in [5, 5.41) is 7.22. The van der Waals surface area contributed by atoms with Gasteiger partial charge < -0.3 is 9.84 Å². The van der Waals surface area contributed by atoms with Crippen LogP contribution >= 0.6 is 0 Å². The van der Waals surface area contributed by atoms with Gasteiger partial charge in [-0.2, -0.15) is 0 Å². The van der Waals surface area contributed by atoms with Gasteiger partial charge >= 0.3 is 0 Å². The molecule has 1 aliphatic heterocycles. The fraction of sp³-hybridized carbons (Fsp3) is 0.727. The summed E-state index contributed by atoms with van der Waals surface area (Å²) in [7, 11) is 0. The minimum Gasteiger partial charge on any atom is -0.360 e. The third-order valence-electron chi connectivity index (χ3n) is 2.95. The summed E-state index contributed by atoms with van der Waals surface area (Å²) < 4.78 is 5.10. The zero-order valence-electron chi connectivity index (χ0n) is 9.28. The van der Waals surface area contributed by atoms with Gasteiger partial charge in [0.15, 0.2) is 5.76 Å². The molecule has 0 amide bonds. The van der Waals surface area contributed by atoms with E-state index < -0.39 is 0 Å². The van der Waals surface area contributed by atoms with Gasteiger partial charge in [0.2, 0.25) is 0 Å². The Hall–Kier alpha value is -0.870. The van der Waals surface area contributed by atoms with E-state index >= 15 is 0 Å². The molecule has 1 saturated heterocycles. The molecule has 1 aliphatic rings. The van der Waals surface area contributed by atoms with Crippen molar-refractivity contribution in [1.82, 2.24) is 15.4 Å². The minimum atomic E-state index is 0.709. The van der Waals surface area contributed by atoms with Crippen LogP contribution < -0.4 is 5.32 Å². The second-order valence-electron chi connectivity index (χ2n) is 4.09. The second-order valence-corrected chi connectivity index (χ2v) is 4.09. The average Bonchev–Trinajstić information content (AvgIpc) is 2.74.